The summed E-state index contributed by atoms with van der Waals surface area (Å²) in [7, 11) is 0. The van der Waals surface area contributed by atoms with Crippen LogP contribution < -0.4 is 26.3 Å². The van der Waals surface area contributed by atoms with Crippen LogP contribution in [0.5, 0.6) is 5.75 Å². The molecule has 1 fully saturated rings. The van der Waals surface area contributed by atoms with Crippen molar-refractivity contribution in [3.05, 3.63) is 64.4 Å². The Hall–Kier alpha value is -2.84. The molecule has 1 heterocycles. The van der Waals surface area contributed by atoms with Crippen LogP contribution in [0, 0.1) is 5.82 Å². The lowest BCUT2D eigenvalue weighted by atomic mass is 10.2. The third-order valence-corrected chi connectivity index (χ3v) is 4.31. The molecule has 4 N–H and O–H groups in total. The van der Waals surface area contributed by atoms with Crippen LogP contribution in [0.1, 0.15) is 18.1 Å². The molecule has 1 aliphatic heterocycles. The van der Waals surface area contributed by atoms with Crippen molar-refractivity contribution in [2.45, 2.75) is 25.7 Å². The van der Waals surface area contributed by atoms with Gasteiger partial charge >= 0.3 is 6.03 Å². The van der Waals surface area contributed by atoms with E-state index in [4.69, 9.17) is 16.3 Å². The Morgan fingerprint density at radius 3 is 2.81 bits per heavy atom. The van der Waals surface area contributed by atoms with E-state index in [9.17, 15) is 9.18 Å². The van der Waals surface area contributed by atoms with Crippen molar-refractivity contribution in [1.82, 2.24) is 21.6 Å². The quantitative estimate of drug-likeness (QED) is 0.450. The number of nitrogens with one attached hydrogen (secondary N) is 4. The zero-order valence-corrected chi connectivity index (χ0v) is 15.3. The second-order valence-electron chi connectivity index (χ2n) is 5.95. The molecule has 0 aliphatic carbocycles. The summed E-state index contributed by atoms with van der Waals surface area (Å²) in [5.74, 6) is 0.189. The number of carbonyl (C=O) groups excluding carboxylic acids is 1. The summed E-state index contributed by atoms with van der Waals surface area (Å²) in [5.41, 5.74) is 9.32. The van der Waals surface area contributed by atoms with Gasteiger partial charge in [-0.3, -0.25) is 10.9 Å². The summed E-state index contributed by atoms with van der Waals surface area (Å²) >= 11 is 5.98. The summed E-state index contributed by atoms with van der Waals surface area (Å²) in [5, 5.41) is 7.17. The van der Waals surface area contributed by atoms with Gasteiger partial charge in [0.1, 0.15) is 24.3 Å². The van der Waals surface area contributed by atoms with Gasteiger partial charge < -0.3 is 10.1 Å². The van der Waals surface area contributed by atoms with E-state index in [0.717, 1.165) is 5.56 Å². The van der Waals surface area contributed by atoms with Crippen LogP contribution in [0.3, 0.4) is 0 Å². The molecule has 2 aromatic carbocycles. The Morgan fingerprint density at radius 2 is 2.07 bits per heavy atom. The summed E-state index contributed by atoms with van der Waals surface area (Å²) in [6.07, 6.45) is 1.29. The lowest BCUT2D eigenvalue weighted by Gasteiger charge is -2.30. The van der Waals surface area contributed by atoms with Gasteiger partial charge in [0, 0.05) is 5.56 Å². The minimum Gasteiger partial charge on any atom is -0.489 e. The number of halogens is 2. The highest BCUT2D eigenvalue weighted by atomic mass is 35.5. The van der Waals surface area contributed by atoms with E-state index in [2.05, 4.69) is 26.7 Å². The van der Waals surface area contributed by atoms with E-state index >= 15 is 0 Å². The van der Waals surface area contributed by atoms with Gasteiger partial charge in [-0.05, 0) is 48.9 Å². The van der Waals surface area contributed by atoms with Gasteiger partial charge in [0.15, 0.2) is 0 Å². The fraction of sp³-hybridized carbons (Fsp3) is 0.222. The van der Waals surface area contributed by atoms with E-state index in [-0.39, 0.29) is 24.8 Å². The molecule has 2 unspecified atom stereocenters. The van der Waals surface area contributed by atoms with Crippen molar-refractivity contribution in [3.8, 4) is 5.75 Å². The number of hydrazine groups is 1. The van der Waals surface area contributed by atoms with E-state index in [0.29, 0.717) is 16.3 Å². The van der Waals surface area contributed by atoms with Gasteiger partial charge in [-0.2, -0.15) is 5.10 Å². The predicted octanol–water partition coefficient (Wildman–Crippen LogP) is 2.51. The summed E-state index contributed by atoms with van der Waals surface area (Å²) in [4.78, 5) is 11.3. The van der Waals surface area contributed by atoms with E-state index in [1.54, 1.807) is 30.5 Å². The Balaban J connectivity index is 1.53. The van der Waals surface area contributed by atoms with Crippen LogP contribution in [0.2, 0.25) is 5.02 Å². The van der Waals surface area contributed by atoms with Gasteiger partial charge in [-0.1, -0.05) is 17.7 Å². The number of hydrogen-bond donors (Lipinski definition) is 4. The minimum atomic E-state index is -0.397. The molecule has 2 aromatic rings. The van der Waals surface area contributed by atoms with Crippen molar-refractivity contribution in [1.29, 1.82) is 0 Å². The first kappa shape index (κ1) is 18.9. The first-order valence-electron chi connectivity index (χ1n) is 8.29. The van der Waals surface area contributed by atoms with Gasteiger partial charge in [-0.25, -0.2) is 14.6 Å². The number of rotatable bonds is 6. The van der Waals surface area contributed by atoms with E-state index in [1.807, 2.05) is 19.1 Å². The maximum Gasteiger partial charge on any atom is 0.330 e. The Kier molecular flexibility index (Phi) is 6.10. The summed E-state index contributed by atoms with van der Waals surface area (Å²) in [6.45, 7) is 1.94. The molecule has 0 bridgehead atoms. The number of hydrazone groups is 1. The lowest BCUT2D eigenvalue weighted by Crippen LogP contribution is -2.67. The second kappa shape index (κ2) is 8.70. The fourth-order valence-electron chi connectivity index (χ4n) is 2.38. The molecule has 0 spiro atoms. The zero-order valence-electron chi connectivity index (χ0n) is 14.5. The highest BCUT2D eigenvalue weighted by molar-refractivity contribution is 6.31. The molecule has 7 nitrogen and oxygen atoms in total. The van der Waals surface area contributed by atoms with E-state index < -0.39 is 5.82 Å². The molecule has 0 radical (unpaired) electrons. The van der Waals surface area contributed by atoms with Crippen molar-refractivity contribution < 1.29 is 13.9 Å². The SMILES string of the molecule is CC1NNC(=O)NC1N/N=C/c1ccc(OCc2c(F)cccc2Cl)cc1. The molecule has 2 atom stereocenters. The number of urea groups is 1. The van der Waals surface area contributed by atoms with Crippen LogP contribution in [0.25, 0.3) is 0 Å². The molecule has 0 saturated carbocycles. The van der Waals surface area contributed by atoms with Crippen molar-refractivity contribution in [2.24, 2.45) is 5.10 Å². The topological polar surface area (TPSA) is 86.8 Å². The lowest BCUT2D eigenvalue weighted by molar-refractivity contribution is 0.202. The van der Waals surface area contributed by atoms with Gasteiger partial charge in [-0.15, -0.1) is 0 Å². The van der Waals surface area contributed by atoms with Crippen LogP contribution in [-0.4, -0.2) is 24.5 Å². The molecule has 3 rings (SSSR count). The largest absolute Gasteiger partial charge is 0.489 e. The molecular formula is C18H19ClFN5O2. The van der Waals surface area contributed by atoms with Crippen molar-refractivity contribution >= 4 is 23.8 Å². The monoisotopic (exact) mass is 391 g/mol. The average molecular weight is 392 g/mol. The number of amides is 2. The Morgan fingerprint density at radius 1 is 1.30 bits per heavy atom. The minimum absolute atomic E-state index is 0.0409. The predicted molar refractivity (Wildman–Crippen MR) is 101 cm³/mol. The highest BCUT2D eigenvalue weighted by Gasteiger charge is 2.23. The Bertz CT molecular complexity index is 811. The number of nitrogens with zero attached hydrogens (tertiary/aromatic N) is 1. The molecule has 27 heavy (non-hydrogen) atoms. The highest BCUT2D eigenvalue weighted by Crippen LogP contribution is 2.21. The molecule has 142 valence electrons. The van der Waals surface area contributed by atoms with Crippen LogP contribution in [-0.2, 0) is 6.61 Å². The molecule has 2 amide bonds. The molecule has 1 saturated heterocycles. The van der Waals surface area contributed by atoms with Crippen LogP contribution in [0.15, 0.2) is 47.6 Å². The summed E-state index contributed by atoms with van der Waals surface area (Å²) in [6, 6.07) is 11.3. The number of carbonyl (C=O) groups is 1. The maximum absolute atomic E-state index is 13.7. The number of benzene rings is 2. The van der Waals surface area contributed by atoms with Crippen LogP contribution >= 0.6 is 11.6 Å². The molecule has 0 aromatic heterocycles. The van der Waals surface area contributed by atoms with Gasteiger partial charge in [0.25, 0.3) is 0 Å². The van der Waals surface area contributed by atoms with Gasteiger partial charge in [0.2, 0.25) is 0 Å². The fourth-order valence-corrected chi connectivity index (χ4v) is 2.59. The second-order valence-corrected chi connectivity index (χ2v) is 6.36. The third kappa shape index (κ3) is 5.08. The normalized spacial score (nSPS) is 19.4. The maximum atomic E-state index is 13.7. The van der Waals surface area contributed by atoms with Gasteiger partial charge in [0.05, 0.1) is 17.3 Å². The van der Waals surface area contributed by atoms with E-state index in [1.165, 1.54) is 6.07 Å². The number of ether oxygens (including phenoxy) is 1. The average Bonchev–Trinajstić information content (AvgIpc) is 2.65. The zero-order chi connectivity index (χ0) is 19.2. The standard InChI is InChI=1S/C18H19ClFN5O2/c1-11-17(22-18(26)25-23-11)24-21-9-12-5-7-13(8-6-12)27-10-14-15(19)3-2-4-16(14)20/h2-9,11,17,23-24H,10H2,1H3,(H2,22,25,26)/b21-9+. The smallest absolute Gasteiger partial charge is 0.330 e. The van der Waals surface area contributed by atoms with Crippen LogP contribution in [0.4, 0.5) is 9.18 Å². The molecule has 1 aliphatic rings. The third-order valence-electron chi connectivity index (χ3n) is 3.95. The molecular weight excluding hydrogens is 373 g/mol. The summed E-state index contributed by atoms with van der Waals surface area (Å²) < 4.78 is 19.3. The first-order chi connectivity index (χ1) is 13.0. The molecule has 9 heteroatoms. The first-order valence-corrected chi connectivity index (χ1v) is 8.67. The number of hydrogen-bond acceptors (Lipinski definition) is 5. The van der Waals surface area contributed by atoms with Crippen molar-refractivity contribution in [2.75, 3.05) is 0 Å². The Labute approximate surface area is 160 Å². The van der Waals surface area contributed by atoms with Crippen molar-refractivity contribution in [3.63, 3.8) is 0 Å².